The number of hydrogen-bond donors (Lipinski definition) is 1. The Morgan fingerprint density at radius 1 is 1.50 bits per heavy atom. The van der Waals surface area contributed by atoms with Gasteiger partial charge in [0.1, 0.15) is 4.99 Å². The van der Waals surface area contributed by atoms with Crippen molar-refractivity contribution in [2.45, 2.75) is 25.9 Å². The summed E-state index contributed by atoms with van der Waals surface area (Å²) in [6, 6.07) is 8.78. The molecule has 0 radical (unpaired) electrons. The van der Waals surface area contributed by atoms with Gasteiger partial charge in [0, 0.05) is 18.2 Å². The zero-order chi connectivity index (χ0) is 13.5. The highest BCUT2D eigenvalue weighted by Crippen LogP contribution is 2.12. The molecule has 4 heteroatoms. The Morgan fingerprint density at radius 2 is 2.22 bits per heavy atom. The van der Waals surface area contributed by atoms with E-state index in [0.29, 0.717) is 11.0 Å². The fraction of sp³-hybridized carbons (Fsp3) is 0.500. The van der Waals surface area contributed by atoms with Gasteiger partial charge in [0.25, 0.3) is 0 Å². The van der Waals surface area contributed by atoms with Crippen molar-refractivity contribution in [1.82, 2.24) is 4.90 Å². The normalized spacial score (nSPS) is 12.7. The lowest BCUT2D eigenvalue weighted by Gasteiger charge is -2.24. The molecule has 0 spiro atoms. The van der Waals surface area contributed by atoms with Gasteiger partial charge in [0.2, 0.25) is 0 Å². The van der Waals surface area contributed by atoms with Gasteiger partial charge in [-0.3, -0.25) is 4.90 Å². The molecule has 0 heterocycles. The van der Waals surface area contributed by atoms with Gasteiger partial charge in [-0.1, -0.05) is 30.4 Å². The predicted molar refractivity (Wildman–Crippen MR) is 86.3 cm³/mol. The Kier molecular flexibility index (Phi) is 6.68. The van der Waals surface area contributed by atoms with E-state index in [4.69, 9.17) is 18.0 Å². The second kappa shape index (κ2) is 7.77. The maximum atomic E-state index is 5.65. The first-order valence-electron chi connectivity index (χ1n) is 6.12. The molecule has 0 saturated carbocycles. The molecule has 2 N–H and O–H groups in total. The van der Waals surface area contributed by atoms with Crippen LogP contribution < -0.4 is 5.73 Å². The van der Waals surface area contributed by atoms with Gasteiger partial charge in [-0.2, -0.15) is 11.8 Å². The van der Waals surface area contributed by atoms with E-state index >= 15 is 0 Å². The summed E-state index contributed by atoms with van der Waals surface area (Å²) in [5, 5.41) is 0. The zero-order valence-corrected chi connectivity index (χ0v) is 13.0. The third kappa shape index (κ3) is 4.96. The molecule has 2 nitrogen and oxygen atoms in total. The fourth-order valence-electron chi connectivity index (χ4n) is 1.78. The van der Waals surface area contributed by atoms with Crippen molar-refractivity contribution in [1.29, 1.82) is 0 Å². The van der Waals surface area contributed by atoms with Crippen LogP contribution in [0.1, 0.15) is 24.5 Å². The van der Waals surface area contributed by atoms with Crippen molar-refractivity contribution >= 4 is 29.0 Å². The molecule has 1 rings (SSSR count). The van der Waals surface area contributed by atoms with E-state index < -0.39 is 0 Å². The molecule has 0 bridgehead atoms. The number of thioether (sulfide) groups is 1. The average Bonchev–Trinajstić information content (AvgIpc) is 2.36. The summed E-state index contributed by atoms with van der Waals surface area (Å²) in [5.74, 6) is 1.21. The minimum atomic E-state index is 0.468. The van der Waals surface area contributed by atoms with Crippen molar-refractivity contribution in [3.63, 3.8) is 0 Å². The van der Waals surface area contributed by atoms with Crippen LogP contribution in [-0.2, 0) is 6.54 Å². The predicted octanol–water partition coefficient (Wildman–Crippen LogP) is 2.89. The maximum absolute atomic E-state index is 5.65. The molecule has 1 aromatic rings. The largest absolute Gasteiger partial charge is 0.389 e. The number of thiocarbonyl (C=S) groups is 1. The molecule has 100 valence electrons. The molecular weight excluding hydrogens is 260 g/mol. The van der Waals surface area contributed by atoms with E-state index in [1.165, 1.54) is 17.7 Å². The summed E-state index contributed by atoms with van der Waals surface area (Å²) in [4.78, 5) is 2.84. The van der Waals surface area contributed by atoms with Crippen LogP contribution in [0.4, 0.5) is 0 Å². The van der Waals surface area contributed by atoms with E-state index in [9.17, 15) is 0 Å². The van der Waals surface area contributed by atoms with Crippen LogP contribution in [0.5, 0.6) is 0 Å². The van der Waals surface area contributed by atoms with Crippen molar-refractivity contribution in [3.05, 3.63) is 35.4 Å². The molecule has 0 aliphatic carbocycles. The summed E-state index contributed by atoms with van der Waals surface area (Å²) >= 11 is 6.91. The van der Waals surface area contributed by atoms with Gasteiger partial charge in [-0.25, -0.2) is 0 Å². The quantitative estimate of drug-likeness (QED) is 0.779. The highest BCUT2D eigenvalue weighted by atomic mass is 32.2. The molecule has 0 aliphatic heterocycles. The van der Waals surface area contributed by atoms with Crippen molar-refractivity contribution in [2.75, 3.05) is 19.1 Å². The van der Waals surface area contributed by atoms with Crippen LogP contribution in [0.3, 0.4) is 0 Å². The van der Waals surface area contributed by atoms with E-state index in [1.54, 1.807) is 0 Å². The van der Waals surface area contributed by atoms with Gasteiger partial charge in [0.15, 0.2) is 0 Å². The molecule has 1 aromatic carbocycles. The van der Waals surface area contributed by atoms with Crippen molar-refractivity contribution in [2.24, 2.45) is 5.73 Å². The van der Waals surface area contributed by atoms with E-state index in [1.807, 2.05) is 23.9 Å². The third-order valence-corrected chi connectivity index (χ3v) is 4.02. The molecule has 0 saturated heterocycles. The van der Waals surface area contributed by atoms with Crippen LogP contribution in [0, 0.1) is 0 Å². The summed E-state index contributed by atoms with van der Waals surface area (Å²) in [6.07, 6.45) is 3.37. The first-order chi connectivity index (χ1) is 8.54. The number of benzene rings is 1. The Balaban J connectivity index is 2.60. The Hall–Kier alpha value is -0.580. The van der Waals surface area contributed by atoms with Crippen LogP contribution in [0.2, 0.25) is 0 Å². The highest BCUT2D eigenvalue weighted by Gasteiger charge is 2.09. The van der Waals surface area contributed by atoms with Gasteiger partial charge in [-0.15, -0.1) is 0 Å². The minimum absolute atomic E-state index is 0.468. The molecule has 18 heavy (non-hydrogen) atoms. The van der Waals surface area contributed by atoms with Crippen LogP contribution >= 0.6 is 24.0 Å². The lowest BCUT2D eigenvalue weighted by Crippen LogP contribution is -2.29. The average molecular weight is 282 g/mol. The molecule has 0 fully saturated rings. The van der Waals surface area contributed by atoms with E-state index in [-0.39, 0.29) is 0 Å². The molecule has 0 aromatic heterocycles. The molecule has 0 amide bonds. The lowest BCUT2D eigenvalue weighted by atomic mass is 10.1. The minimum Gasteiger partial charge on any atom is -0.389 e. The Bertz CT molecular complexity index is 393. The number of hydrogen-bond acceptors (Lipinski definition) is 3. The maximum Gasteiger partial charge on any atom is 0.103 e. The van der Waals surface area contributed by atoms with E-state index in [2.05, 4.69) is 37.3 Å². The van der Waals surface area contributed by atoms with Gasteiger partial charge < -0.3 is 5.73 Å². The standard InChI is InChI=1S/C14H22N2S2/c1-11(7-8-18-3)16(2)10-12-5-4-6-13(9-12)14(15)17/h4-6,9,11H,7-8,10H2,1-3H3,(H2,15,17). The Labute approximate surface area is 120 Å². The first kappa shape index (κ1) is 15.5. The van der Waals surface area contributed by atoms with Crippen LogP contribution in [-0.4, -0.2) is 35.0 Å². The molecular formula is C14H22N2S2. The van der Waals surface area contributed by atoms with Gasteiger partial charge in [0.05, 0.1) is 0 Å². The fourth-order valence-corrected chi connectivity index (χ4v) is 2.48. The SMILES string of the molecule is CSCCC(C)N(C)Cc1cccc(C(N)=S)c1. The van der Waals surface area contributed by atoms with Crippen LogP contribution in [0.15, 0.2) is 24.3 Å². The number of nitrogens with zero attached hydrogens (tertiary/aromatic N) is 1. The summed E-state index contributed by atoms with van der Waals surface area (Å²) in [6.45, 7) is 3.21. The summed E-state index contributed by atoms with van der Waals surface area (Å²) in [5.41, 5.74) is 7.87. The second-order valence-electron chi connectivity index (χ2n) is 4.61. The molecule has 1 unspecified atom stereocenters. The zero-order valence-electron chi connectivity index (χ0n) is 11.3. The second-order valence-corrected chi connectivity index (χ2v) is 6.04. The topological polar surface area (TPSA) is 29.3 Å². The number of nitrogens with two attached hydrogens (primary N) is 1. The summed E-state index contributed by atoms with van der Waals surface area (Å²) in [7, 11) is 2.17. The Morgan fingerprint density at radius 3 is 2.83 bits per heavy atom. The third-order valence-electron chi connectivity index (χ3n) is 3.14. The van der Waals surface area contributed by atoms with Crippen LogP contribution in [0.25, 0.3) is 0 Å². The highest BCUT2D eigenvalue weighted by molar-refractivity contribution is 7.98. The lowest BCUT2D eigenvalue weighted by molar-refractivity contribution is 0.245. The van der Waals surface area contributed by atoms with Gasteiger partial charge >= 0.3 is 0 Å². The van der Waals surface area contributed by atoms with Crippen molar-refractivity contribution < 1.29 is 0 Å². The monoisotopic (exact) mass is 282 g/mol. The smallest absolute Gasteiger partial charge is 0.103 e. The summed E-state index contributed by atoms with van der Waals surface area (Å²) < 4.78 is 0. The van der Waals surface area contributed by atoms with E-state index in [0.717, 1.165) is 12.1 Å². The van der Waals surface area contributed by atoms with Gasteiger partial charge in [-0.05, 0) is 44.0 Å². The van der Waals surface area contributed by atoms with Crippen molar-refractivity contribution in [3.8, 4) is 0 Å². The molecule has 0 aliphatic rings. The molecule has 1 atom stereocenters. The number of rotatable bonds is 7. The first-order valence-corrected chi connectivity index (χ1v) is 7.92.